The monoisotopic (exact) mass is 315 g/mol. The summed E-state index contributed by atoms with van der Waals surface area (Å²) in [5, 5.41) is 11.7. The minimum Gasteiger partial charge on any atom is -0.479 e. The zero-order chi connectivity index (χ0) is 17.0. The number of aliphatic carboxylic acids is 1. The molecule has 126 valence electrons. The van der Waals surface area contributed by atoms with Crippen molar-refractivity contribution in [3.63, 3.8) is 0 Å². The minimum atomic E-state index is -2.10. The van der Waals surface area contributed by atoms with Crippen molar-refractivity contribution in [1.29, 1.82) is 0 Å². The van der Waals surface area contributed by atoms with Gasteiger partial charge in [0.15, 0.2) is 0 Å². The highest BCUT2D eigenvalue weighted by Crippen LogP contribution is 2.36. The van der Waals surface area contributed by atoms with Crippen LogP contribution in [0.25, 0.3) is 0 Å². The van der Waals surface area contributed by atoms with E-state index in [0.717, 1.165) is 12.8 Å². The number of rotatable bonds is 7. The molecule has 0 aromatic carbocycles. The number of carboxylic acid groups (broad SMARTS) is 1. The molecule has 7 nitrogen and oxygen atoms in total. The van der Waals surface area contributed by atoms with Crippen molar-refractivity contribution in [2.75, 3.05) is 6.61 Å². The first-order chi connectivity index (χ1) is 10.1. The Hall–Kier alpha value is -1.79. The van der Waals surface area contributed by atoms with E-state index >= 15 is 0 Å². The van der Waals surface area contributed by atoms with E-state index < -0.39 is 29.2 Å². The Kier molecular flexibility index (Phi) is 5.79. The summed E-state index contributed by atoms with van der Waals surface area (Å²) in [5.41, 5.74) is -2.89. The summed E-state index contributed by atoms with van der Waals surface area (Å²) in [4.78, 5) is 35.8. The van der Waals surface area contributed by atoms with Crippen LogP contribution in [0.4, 0.5) is 4.79 Å². The first kappa shape index (κ1) is 18.3. The predicted octanol–water partition coefficient (Wildman–Crippen LogP) is 2.09. The fraction of sp³-hybridized carbons (Fsp3) is 0.800. The highest BCUT2D eigenvalue weighted by Gasteiger charge is 2.50. The number of alkyl carbamates (subject to hydrolysis) is 1. The molecule has 7 heteroatoms. The molecule has 22 heavy (non-hydrogen) atoms. The van der Waals surface area contributed by atoms with Gasteiger partial charge in [0, 0.05) is 0 Å². The summed E-state index contributed by atoms with van der Waals surface area (Å²) in [6.07, 6.45) is 1.63. The van der Waals surface area contributed by atoms with E-state index in [-0.39, 0.29) is 13.0 Å². The Balaban J connectivity index is 2.92. The van der Waals surface area contributed by atoms with Crippen LogP contribution < -0.4 is 5.32 Å². The van der Waals surface area contributed by atoms with Crippen LogP contribution in [0.2, 0.25) is 0 Å². The van der Waals surface area contributed by atoms with Crippen LogP contribution in [0.15, 0.2) is 0 Å². The number of carbonyl (C=O) groups is 3. The first-order valence-electron chi connectivity index (χ1n) is 7.52. The van der Waals surface area contributed by atoms with E-state index in [1.165, 1.54) is 0 Å². The highest BCUT2D eigenvalue weighted by atomic mass is 16.6. The molecule has 1 aliphatic carbocycles. The molecule has 1 aliphatic rings. The lowest BCUT2D eigenvalue weighted by Crippen LogP contribution is -2.61. The molecular weight excluding hydrogens is 290 g/mol. The van der Waals surface area contributed by atoms with E-state index in [1.54, 1.807) is 27.7 Å². The van der Waals surface area contributed by atoms with Crippen molar-refractivity contribution < 1.29 is 29.0 Å². The van der Waals surface area contributed by atoms with E-state index in [2.05, 4.69) is 5.32 Å². The summed E-state index contributed by atoms with van der Waals surface area (Å²) in [7, 11) is 0. The topological polar surface area (TPSA) is 102 Å². The third-order valence-electron chi connectivity index (χ3n) is 3.33. The Morgan fingerprint density at radius 1 is 1.23 bits per heavy atom. The Morgan fingerprint density at radius 2 is 1.82 bits per heavy atom. The fourth-order valence-electron chi connectivity index (χ4n) is 2.02. The maximum atomic E-state index is 12.2. The second-order valence-corrected chi connectivity index (χ2v) is 6.54. The van der Waals surface area contributed by atoms with Crippen LogP contribution in [0.5, 0.6) is 0 Å². The molecule has 0 radical (unpaired) electrons. The Morgan fingerprint density at radius 3 is 2.23 bits per heavy atom. The Labute approximate surface area is 130 Å². The molecule has 0 aromatic heterocycles. The van der Waals surface area contributed by atoms with E-state index in [4.69, 9.17) is 9.47 Å². The number of carbonyl (C=O) groups excluding carboxylic acids is 2. The molecule has 1 amide bonds. The van der Waals surface area contributed by atoms with Crippen LogP contribution in [-0.4, -0.2) is 40.9 Å². The summed E-state index contributed by atoms with van der Waals surface area (Å²) in [6, 6.07) is 0. The van der Waals surface area contributed by atoms with Gasteiger partial charge in [-0.3, -0.25) is 5.32 Å². The maximum Gasteiger partial charge on any atom is 0.409 e. The van der Waals surface area contributed by atoms with Gasteiger partial charge in [-0.05, 0) is 46.5 Å². The Bertz CT molecular complexity index is 438. The highest BCUT2D eigenvalue weighted by molar-refractivity contribution is 6.06. The number of nitrogens with one attached hydrogen (secondary N) is 1. The molecule has 1 saturated carbocycles. The molecule has 1 unspecified atom stereocenters. The molecule has 0 spiro atoms. The smallest absolute Gasteiger partial charge is 0.409 e. The zero-order valence-electron chi connectivity index (χ0n) is 13.6. The predicted molar refractivity (Wildman–Crippen MR) is 78.3 cm³/mol. The summed E-state index contributed by atoms with van der Waals surface area (Å²) in [5.74, 6) is -1.99. The molecule has 1 fully saturated rings. The van der Waals surface area contributed by atoms with Crippen molar-refractivity contribution in [2.45, 2.75) is 64.5 Å². The van der Waals surface area contributed by atoms with E-state index in [9.17, 15) is 19.5 Å². The lowest BCUT2D eigenvalue weighted by Gasteiger charge is -2.29. The molecule has 0 saturated heterocycles. The van der Waals surface area contributed by atoms with Gasteiger partial charge in [-0.25, -0.2) is 14.4 Å². The van der Waals surface area contributed by atoms with Gasteiger partial charge in [-0.15, -0.1) is 0 Å². The first-order valence-corrected chi connectivity index (χ1v) is 7.52. The summed E-state index contributed by atoms with van der Waals surface area (Å²) >= 11 is 0. The molecule has 1 atom stereocenters. The van der Waals surface area contributed by atoms with Crippen molar-refractivity contribution in [1.82, 2.24) is 5.32 Å². The number of ether oxygens (including phenoxy) is 2. The minimum absolute atomic E-state index is 0.00885. The van der Waals surface area contributed by atoms with Crippen LogP contribution in [-0.2, 0) is 19.1 Å². The van der Waals surface area contributed by atoms with Crippen molar-refractivity contribution in [2.24, 2.45) is 5.92 Å². The third kappa shape index (κ3) is 5.20. The number of carboxylic acids is 1. The second kappa shape index (κ2) is 6.98. The van der Waals surface area contributed by atoms with Gasteiger partial charge < -0.3 is 14.6 Å². The summed E-state index contributed by atoms with van der Waals surface area (Å²) < 4.78 is 9.94. The molecule has 0 aliphatic heterocycles. The third-order valence-corrected chi connectivity index (χ3v) is 3.33. The van der Waals surface area contributed by atoms with Crippen LogP contribution >= 0.6 is 0 Å². The standard InChI is InChI=1S/C15H25NO6/c1-5-21-12(19)15(11(17)18,9-8-10-6-7-10)16-13(20)22-14(2,3)4/h10H,5-9H2,1-4H3,(H,16,20)(H,17,18). The average molecular weight is 315 g/mol. The number of hydrogen-bond donors (Lipinski definition) is 2. The zero-order valence-corrected chi connectivity index (χ0v) is 13.6. The van der Waals surface area contributed by atoms with E-state index in [0.29, 0.717) is 12.3 Å². The fourth-order valence-corrected chi connectivity index (χ4v) is 2.02. The lowest BCUT2D eigenvalue weighted by atomic mass is 9.92. The number of amides is 1. The lowest BCUT2D eigenvalue weighted by molar-refractivity contribution is -0.163. The van der Waals surface area contributed by atoms with E-state index in [1.807, 2.05) is 0 Å². The molecule has 0 bridgehead atoms. The van der Waals surface area contributed by atoms with Gasteiger partial charge in [0.05, 0.1) is 6.61 Å². The largest absolute Gasteiger partial charge is 0.479 e. The quantitative estimate of drug-likeness (QED) is 0.551. The average Bonchev–Trinajstić information content (AvgIpc) is 3.15. The molecule has 2 N–H and O–H groups in total. The molecule has 0 aromatic rings. The molecular formula is C15H25NO6. The van der Waals surface area contributed by atoms with Crippen LogP contribution in [0.1, 0.15) is 53.4 Å². The van der Waals surface area contributed by atoms with Gasteiger partial charge in [0.2, 0.25) is 5.54 Å². The van der Waals surface area contributed by atoms with Crippen molar-refractivity contribution >= 4 is 18.0 Å². The van der Waals surface area contributed by atoms with Crippen LogP contribution in [0, 0.1) is 5.92 Å². The van der Waals surface area contributed by atoms with Gasteiger partial charge in [-0.1, -0.05) is 12.8 Å². The molecule has 1 rings (SSSR count). The van der Waals surface area contributed by atoms with Gasteiger partial charge in [-0.2, -0.15) is 0 Å². The normalized spacial score (nSPS) is 17.3. The SMILES string of the molecule is CCOC(=O)C(CCC1CC1)(NC(=O)OC(C)(C)C)C(=O)O. The van der Waals surface area contributed by atoms with Gasteiger partial charge in [0.25, 0.3) is 0 Å². The maximum absolute atomic E-state index is 12.2. The number of hydrogen-bond acceptors (Lipinski definition) is 5. The van der Waals surface area contributed by atoms with Gasteiger partial charge >= 0.3 is 18.0 Å². The summed E-state index contributed by atoms with van der Waals surface area (Å²) in [6.45, 7) is 6.59. The number of esters is 1. The van der Waals surface area contributed by atoms with Crippen LogP contribution in [0.3, 0.4) is 0 Å². The van der Waals surface area contributed by atoms with Gasteiger partial charge in [0.1, 0.15) is 5.60 Å². The second-order valence-electron chi connectivity index (χ2n) is 6.54. The molecule has 0 heterocycles. The van der Waals surface area contributed by atoms with Crippen molar-refractivity contribution in [3.8, 4) is 0 Å². The van der Waals surface area contributed by atoms with Crippen molar-refractivity contribution in [3.05, 3.63) is 0 Å².